The molecular weight excluding hydrogens is 617 g/mol. The Morgan fingerprint density at radius 2 is 1.43 bits per heavy atom. The lowest BCUT2D eigenvalue weighted by Gasteiger charge is -2.34. The molecule has 4 aromatic rings. The zero-order valence-electron chi connectivity index (χ0n) is 24.8. The van der Waals surface area contributed by atoms with Gasteiger partial charge in [0.1, 0.15) is 12.6 Å². The normalized spacial score (nSPS) is 12.0. The van der Waals surface area contributed by atoms with Gasteiger partial charge in [-0.1, -0.05) is 89.4 Å². The number of hydrogen-bond donors (Lipinski definition) is 1. The monoisotopic (exact) mass is 651 g/mol. The number of carbonyl (C=O) groups is 2. The standard InChI is InChI=1S/C34H35Cl2N3O4S/c1-24(2)37-34(41)32(21-26-9-5-4-6-10-26)38(22-27-11-7-8-12-31(27)36)33(40)23-39(29-17-13-25(3)14-18-29)44(42,43)30-19-15-28(35)16-20-30/h4-20,24,32H,21-23H2,1-3H3,(H,37,41)/t32-/m0/s1. The zero-order chi connectivity index (χ0) is 31.9. The predicted molar refractivity (Wildman–Crippen MR) is 176 cm³/mol. The highest BCUT2D eigenvalue weighted by Gasteiger charge is 2.35. The van der Waals surface area contributed by atoms with E-state index >= 15 is 0 Å². The SMILES string of the molecule is Cc1ccc(N(CC(=O)N(Cc2ccccc2Cl)[C@@H](Cc2ccccc2)C(=O)NC(C)C)S(=O)(=O)c2ccc(Cl)cc2)cc1. The fourth-order valence-electron chi connectivity index (χ4n) is 4.72. The summed E-state index contributed by atoms with van der Waals surface area (Å²) in [6, 6.07) is 27.9. The number of amides is 2. The van der Waals surface area contributed by atoms with Crippen LogP contribution in [0.5, 0.6) is 0 Å². The summed E-state index contributed by atoms with van der Waals surface area (Å²) in [6.45, 7) is 5.01. The average Bonchev–Trinajstić information content (AvgIpc) is 2.99. The molecule has 0 unspecified atom stereocenters. The predicted octanol–water partition coefficient (Wildman–Crippen LogP) is 6.66. The van der Waals surface area contributed by atoms with Gasteiger partial charge in [-0.2, -0.15) is 0 Å². The number of benzene rings is 4. The molecule has 0 aromatic heterocycles. The number of aryl methyl sites for hydroxylation is 1. The van der Waals surface area contributed by atoms with Gasteiger partial charge in [0.15, 0.2) is 0 Å². The minimum Gasteiger partial charge on any atom is -0.352 e. The van der Waals surface area contributed by atoms with Gasteiger partial charge in [-0.05, 0) is 74.4 Å². The number of carbonyl (C=O) groups excluding carboxylic acids is 2. The maximum absolute atomic E-state index is 14.4. The van der Waals surface area contributed by atoms with E-state index in [1.807, 2.05) is 51.1 Å². The first-order chi connectivity index (χ1) is 21.0. The van der Waals surface area contributed by atoms with Crippen LogP contribution in [0.4, 0.5) is 5.69 Å². The third-order valence-corrected chi connectivity index (χ3v) is 9.41. The Morgan fingerprint density at radius 1 is 0.818 bits per heavy atom. The van der Waals surface area contributed by atoms with Crippen molar-refractivity contribution in [3.05, 3.63) is 130 Å². The summed E-state index contributed by atoms with van der Waals surface area (Å²) < 4.78 is 29.2. The molecule has 2 amide bonds. The lowest BCUT2D eigenvalue weighted by Crippen LogP contribution is -2.54. The number of nitrogens with zero attached hydrogens (tertiary/aromatic N) is 2. The number of halogens is 2. The van der Waals surface area contributed by atoms with Crippen molar-refractivity contribution in [2.75, 3.05) is 10.8 Å². The van der Waals surface area contributed by atoms with Crippen LogP contribution in [-0.4, -0.2) is 43.8 Å². The second kappa shape index (κ2) is 14.8. The van der Waals surface area contributed by atoms with Crippen molar-refractivity contribution < 1.29 is 18.0 Å². The maximum atomic E-state index is 14.4. The maximum Gasteiger partial charge on any atom is 0.264 e. The smallest absolute Gasteiger partial charge is 0.264 e. The Labute approximate surface area is 269 Å². The van der Waals surface area contributed by atoms with Crippen LogP contribution in [0.1, 0.15) is 30.5 Å². The van der Waals surface area contributed by atoms with E-state index in [-0.39, 0.29) is 29.8 Å². The van der Waals surface area contributed by atoms with E-state index in [4.69, 9.17) is 23.2 Å². The molecule has 0 aliphatic carbocycles. The molecule has 230 valence electrons. The molecule has 0 aliphatic heterocycles. The molecule has 7 nitrogen and oxygen atoms in total. The summed E-state index contributed by atoms with van der Waals surface area (Å²) in [5.41, 5.74) is 2.71. The molecule has 4 rings (SSSR count). The van der Waals surface area contributed by atoms with Crippen LogP contribution in [0.3, 0.4) is 0 Å². The van der Waals surface area contributed by atoms with Crippen molar-refractivity contribution in [3.63, 3.8) is 0 Å². The number of rotatable bonds is 12. The molecule has 0 spiro atoms. The van der Waals surface area contributed by atoms with Crippen LogP contribution in [0.15, 0.2) is 108 Å². The van der Waals surface area contributed by atoms with Gasteiger partial charge in [-0.3, -0.25) is 13.9 Å². The Hall–Kier alpha value is -3.85. The van der Waals surface area contributed by atoms with Crippen LogP contribution in [0, 0.1) is 6.92 Å². The summed E-state index contributed by atoms with van der Waals surface area (Å²) in [7, 11) is -4.22. The van der Waals surface area contributed by atoms with E-state index in [1.165, 1.54) is 29.2 Å². The molecule has 0 heterocycles. The fourth-order valence-corrected chi connectivity index (χ4v) is 6.45. The van der Waals surface area contributed by atoms with Gasteiger partial charge in [0.25, 0.3) is 10.0 Å². The molecule has 1 atom stereocenters. The van der Waals surface area contributed by atoms with Crippen molar-refractivity contribution in [2.24, 2.45) is 0 Å². The van der Waals surface area contributed by atoms with Gasteiger partial charge >= 0.3 is 0 Å². The van der Waals surface area contributed by atoms with Gasteiger partial charge < -0.3 is 10.2 Å². The Kier molecular flexibility index (Phi) is 11.1. The summed E-state index contributed by atoms with van der Waals surface area (Å²) in [5, 5.41) is 3.75. The van der Waals surface area contributed by atoms with Gasteiger partial charge in [0, 0.05) is 29.1 Å². The fraction of sp³-hybridized carbons (Fsp3) is 0.235. The first kappa shape index (κ1) is 33.1. The van der Waals surface area contributed by atoms with Crippen molar-refractivity contribution >= 4 is 50.7 Å². The molecule has 0 radical (unpaired) electrons. The van der Waals surface area contributed by atoms with Gasteiger partial charge in [-0.25, -0.2) is 8.42 Å². The summed E-state index contributed by atoms with van der Waals surface area (Å²) in [5.74, 6) is -0.922. The molecule has 44 heavy (non-hydrogen) atoms. The minimum absolute atomic E-state index is 0.00967. The van der Waals surface area contributed by atoms with E-state index in [9.17, 15) is 18.0 Å². The van der Waals surface area contributed by atoms with Crippen molar-refractivity contribution in [2.45, 2.75) is 50.7 Å². The molecule has 0 saturated heterocycles. The zero-order valence-corrected chi connectivity index (χ0v) is 27.1. The van der Waals surface area contributed by atoms with E-state index < -0.39 is 28.5 Å². The molecule has 0 aliphatic rings. The van der Waals surface area contributed by atoms with Crippen molar-refractivity contribution in [1.82, 2.24) is 10.2 Å². The van der Waals surface area contributed by atoms with E-state index in [0.717, 1.165) is 15.4 Å². The lowest BCUT2D eigenvalue weighted by atomic mass is 10.0. The van der Waals surface area contributed by atoms with Crippen LogP contribution < -0.4 is 9.62 Å². The van der Waals surface area contributed by atoms with Crippen LogP contribution in [0.25, 0.3) is 0 Å². The van der Waals surface area contributed by atoms with Crippen LogP contribution >= 0.6 is 23.2 Å². The minimum atomic E-state index is -4.22. The molecule has 10 heteroatoms. The van der Waals surface area contributed by atoms with E-state index in [1.54, 1.807) is 48.5 Å². The summed E-state index contributed by atoms with van der Waals surface area (Å²) in [6.07, 6.45) is 0.212. The van der Waals surface area contributed by atoms with E-state index in [0.29, 0.717) is 21.3 Å². The van der Waals surface area contributed by atoms with Crippen molar-refractivity contribution in [1.29, 1.82) is 0 Å². The second-order valence-corrected chi connectivity index (χ2v) is 13.5. The lowest BCUT2D eigenvalue weighted by molar-refractivity contribution is -0.140. The van der Waals surface area contributed by atoms with Gasteiger partial charge in [0.2, 0.25) is 11.8 Å². The number of hydrogen-bond acceptors (Lipinski definition) is 4. The average molecular weight is 653 g/mol. The topological polar surface area (TPSA) is 86.8 Å². The number of sulfonamides is 1. The second-order valence-electron chi connectivity index (χ2n) is 10.8. The molecule has 0 bridgehead atoms. The first-order valence-electron chi connectivity index (χ1n) is 14.2. The largest absolute Gasteiger partial charge is 0.352 e. The molecule has 4 aromatic carbocycles. The highest BCUT2D eigenvalue weighted by Crippen LogP contribution is 2.27. The quantitative estimate of drug-likeness (QED) is 0.186. The Bertz CT molecular complexity index is 1680. The van der Waals surface area contributed by atoms with Crippen LogP contribution in [0.2, 0.25) is 10.0 Å². The van der Waals surface area contributed by atoms with E-state index in [2.05, 4.69) is 5.32 Å². The molecule has 0 saturated carbocycles. The Morgan fingerprint density at radius 3 is 2.05 bits per heavy atom. The molecular formula is C34H35Cl2N3O4S. The number of anilines is 1. The first-order valence-corrected chi connectivity index (χ1v) is 16.4. The Balaban J connectivity index is 1.81. The number of nitrogens with one attached hydrogen (secondary N) is 1. The third kappa shape index (κ3) is 8.40. The molecule has 0 fully saturated rings. The van der Waals surface area contributed by atoms with Gasteiger partial charge in [0.05, 0.1) is 10.6 Å². The third-order valence-electron chi connectivity index (χ3n) is 7.00. The van der Waals surface area contributed by atoms with Crippen LogP contribution in [-0.2, 0) is 32.6 Å². The van der Waals surface area contributed by atoms with Crippen molar-refractivity contribution in [3.8, 4) is 0 Å². The summed E-state index contributed by atoms with van der Waals surface area (Å²) in [4.78, 5) is 29.6. The summed E-state index contributed by atoms with van der Waals surface area (Å²) >= 11 is 12.6. The molecule has 1 N–H and O–H groups in total. The highest BCUT2D eigenvalue weighted by molar-refractivity contribution is 7.92. The highest BCUT2D eigenvalue weighted by atomic mass is 35.5. The van der Waals surface area contributed by atoms with Gasteiger partial charge in [-0.15, -0.1) is 0 Å².